The standard InChI is InChI=1S/C9H14O3/c1(3-8-6-11-8)2-4-10-5-9-7-12-9/h1-2,8-9H,3-7H2. The molecule has 0 aliphatic carbocycles. The van der Waals surface area contributed by atoms with Crippen molar-refractivity contribution in [1.29, 1.82) is 0 Å². The van der Waals surface area contributed by atoms with Crippen LogP contribution in [-0.4, -0.2) is 38.6 Å². The van der Waals surface area contributed by atoms with Crippen LogP contribution in [0.2, 0.25) is 0 Å². The second-order valence-corrected chi connectivity index (χ2v) is 3.16. The number of ether oxygens (including phenoxy) is 3. The van der Waals surface area contributed by atoms with Crippen molar-refractivity contribution in [3.8, 4) is 0 Å². The SMILES string of the molecule is C(=CCC1CO1)COCC1CO1. The van der Waals surface area contributed by atoms with Crippen molar-refractivity contribution in [1.82, 2.24) is 0 Å². The molecule has 2 fully saturated rings. The summed E-state index contributed by atoms with van der Waals surface area (Å²) in [4.78, 5) is 0. The molecule has 68 valence electrons. The second kappa shape index (κ2) is 4.03. The molecule has 2 heterocycles. The van der Waals surface area contributed by atoms with Gasteiger partial charge in [0.25, 0.3) is 0 Å². The van der Waals surface area contributed by atoms with Crippen LogP contribution in [0.1, 0.15) is 6.42 Å². The maximum Gasteiger partial charge on any atom is 0.104 e. The molecule has 0 amide bonds. The zero-order chi connectivity index (χ0) is 8.23. The third-order valence-electron chi connectivity index (χ3n) is 1.89. The van der Waals surface area contributed by atoms with Crippen molar-refractivity contribution >= 4 is 0 Å². The van der Waals surface area contributed by atoms with E-state index >= 15 is 0 Å². The summed E-state index contributed by atoms with van der Waals surface area (Å²) in [5.41, 5.74) is 0. The lowest BCUT2D eigenvalue weighted by Gasteiger charge is -1.94. The van der Waals surface area contributed by atoms with E-state index in [1.54, 1.807) is 0 Å². The predicted molar refractivity (Wildman–Crippen MR) is 44.1 cm³/mol. The van der Waals surface area contributed by atoms with Gasteiger partial charge in [-0.25, -0.2) is 0 Å². The highest BCUT2D eigenvalue weighted by molar-refractivity contribution is 4.87. The first kappa shape index (κ1) is 8.23. The minimum absolute atomic E-state index is 0.380. The maximum atomic E-state index is 5.31. The Morgan fingerprint density at radius 1 is 1.17 bits per heavy atom. The number of hydrogen-bond donors (Lipinski definition) is 0. The Hall–Kier alpha value is -0.380. The molecule has 2 rings (SSSR count). The Morgan fingerprint density at radius 3 is 2.58 bits per heavy atom. The van der Waals surface area contributed by atoms with Crippen LogP contribution in [0.5, 0.6) is 0 Å². The van der Waals surface area contributed by atoms with Crippen LogP contribution < -0.4 is 0 Å². The van der Waals surface area contributed by atoms with E-state index in [0.717, 1.165) is 26.2 Å². The highest BCUT2D eigenvalue weighted by Gasteiger charge is 2.22. The Kier molecular flexibility index (Phi) is 2.76. The molecule has 3 nitrogen and oxygen atoms in total. The molecule has 0 saturated carbocycles. The molecular formula is C9H14O3. The van der Waals surface area contributed by atoms with Gasteiger partial charge in [0.05, 0.1) is 32.5 Å². The highest BCUT2D eigenvalue weighted by Crippen LogP contribution is 2.13. The summed E-state index contributed by atoms with van der Waals surface area (Å²) >= 11 is 0. The number of hydrogen-bond acceptors (Lipinski definition) is 3. The molecular weight excluding hydrogens is 156 g/mol. The molecule has 0 aromatic rings. The molecule has 3 heteroatoms. The van der Waals surface area contributed by atoms with Crippen molar-refractivity contribution < 1.29 is 14.2 Å². The van der Waals surface area contributed by atoms with Crippen molar-refractivity contribution in [2.75, 3.05) is 26.4 Å². The van der Waals surface area contributed by atoms with Crippen LogP contribution in [0.15, 0.2) is 12.2 Å². The largest absolute Gasteiger partial charge is 0.375 e. The topological polar surface area (TPSA) is 34.3 Å². The van der Waals surface area contributed by atoms with Crippen LogP contribution >= 0.6 is 0 Å². The normalized spacial score (nSPS) is 32.7. The summed E-state index contributed by atoms with van der Waals surface area (Å²) < 4.78 is 15.4. The average Bonchev–Trinajstić information content (AvgIpc) is 2.89. The van der Waals surface area contributed by atoms with Gasteiger partial charge in [0.15, 0.2) is 0 Å². The average molecular weight is 170 g/mol. The Labute approximate surface area is 72.3 Å². The minimum atomic E-state index is 0.380. The second-order valence-electron chi connectivity index (χ2n) is 3.16. The van der Waals surface area contributed by atoms with Crippen LogP contribution in [0.3, 0.4) is 0 Å². The van der Waals surface area contributed by atoms with Gasteiger partial charge in [-0.2, -0.15) is 0 Å². The Morgan fingerprint density at radius 2 is 1.92 bits per heavy atom. The van der Waals surface area contributed by atoms with Crippen molar-refractivity contribution in [2.24, 2.45) is 0 Å². The molecule has 0 spiro atoms. The van der Waals surface area contributed by atoms with E-state index in [-0.39, 0.29) is 0 Å². The van der Waals surface area contributed by atoms with Gasteiger partial charge in [-0.15, -0.1) is 0 Å². The van der Waals surface area contributed by atoms with Gasteiger partial charge in [-0.1, -0.05) is 12.2 Å². The molecule has 0 radical (unpaired) electrons. The summed E-state index contributed by atoms with van der Waals surface area (Å²) in [6.07, 6.45) is 6.07. The van der Waals surface area contributed by atoms with Crippen LogP contribution in [0.4, 0.5) is 0 Å². The number of rotatable bonds is 6. The quantitative estimate of drug-likeness (QED) is 0.335. The van der Waals surface area contributed by atoms with E-state index < -0.39 is 0 Å². The first-order valence-corrected chi connectivity index (χ1v) is 4.41. The monoisotopic (exact) mass is 170 g/mol. The van der Waals surface area contributed by atoms with E-state index in [9.17, 15) is 0 Å². The third kappa shape index (κ3) is 3.34. The van der Waals surface area contributed by atoms with Gasteiger partial charge in [-0.05, 0) is 6.42 Å². The lowest BCUT2D eigenvalue weighted by molar-refractivity contribution is 0.140. The lowest BCUT2D eigenvalue weighted by atomic mass is 10.3. The van der Waals surface area contributed by atoms with Gasteiger partial charge in [-0.3, -0.25) is 0 Å². The van der Waals surface area contributed by atoms with Crippen LogP contribution in [0.25, 0.3) is 0 Å². The lowest BCUT2D eigenvalue weighted by Crippen LogP contribution is -2.00. The first-order chi connectivity index (χ1) is 5.95. The molecule has 0 N–H and O–H groups in total. The molecule has 0 aromatic heterocycles. The third-order valence-corrected chi connectivity index (χ3v) is 1.89. The van der Waals surface area contributed by atoms with Crippen molar-refractivity contribution in [3.63, 3.8) is 0 Å². The van der Waals surface area contributed by atoms with Crippen LogP contribution in [0, 0.1) is 0 Å². The summed E-state index contributed by atoms with van der Waals surface area (Å²) in [6.45, 7) is 3.25. The van der Waals surface area contributed by atoms with E-state index in [2.05, 4.69) is 6.08 Å². The zero-order valence-corrected chi connectivity index (χ0v) is 7.07. The minimum Gasteiger partial charge on any atom is -0.375 e. The molecule has 2 saturated heterocycles. The van der Waals surface area contributed by atoms with Crippen molar-refractivity contribution in [3.05, 3.63) is 12.2 Å². The zero-order valence-electron chi connectivity index (χ0n) is 7.07. The Bertz CT molecular complexity index is 159. The summed E-state index contributed by atoms with van der Waals surface area (Å²) in [7, 11) is 0. The summed E-state index contributed by atoms with van der Waals surface area (Å²) in [6, 6.07) is 0. The van der Waals surface area contributed by atoms with Gasteiger partial charge in [0, 0.05) is 0 Å². The first-order valence-electron chi connectivity index (χ1n) is 4.41. The summed E-state index contributed by atoms with van der Waals surface area (Å²) in [5.74, 6) is 0. The molecule has 2 unspecified atom stereocenters. The van der Waals surface area contributed by atoms with Gasteiger partial charge in [0.2, 0.25) is 0 Å². The van der Waals surface area contributed by atoms with Gasteiger partial charge < -0.3 is 14.2 Å². The smallest absolute Gasteiger partial charge is 0.104 e. The summed E-state index contributed by atoms with van der Waals surface area (Å²) in [5, 5.41) is 0. The molecule has 0 aromatic carbocycles. The Balaban J connectivity index is 1.41. The molecule has 0 bridgehead atoms. The van der Waals surface area contributed by atoms with E-state index in [1.807, 2.05) is 6.08 Å². The fraction of sp³-hybridized carbons (Fsp3) is 0.778. The predicted octanol–water partition coefficient (Wildman–Crippen LogP) is 0.747. The number of epoxide rings is 2. The fourth-order valence-electron chi connectivity index (χ4n) is 0.952. The van der Waals surface area contributed by atoms with Crippen LogP contribution in [-0.2, 0) is 14.2 Å². The fourth-order valence-corrected chi connectivity index (χ4v) is 0.952. The molecule has 2 aliphatic rings. The molecule has 12 heavy (non-hydrogen) atoms. The van der Waals surface area contributed by atoms with Crippen molar-refractivity contribution in [2.45, 2.75) is 18.6 Å². The van der Waals surface area contributed by atoms with E-state index in [4.69, 9.17) is 14.2 Å². The van der Waals surface area contributed by atoms with Gasteiger partial charge >= 0.3 is 0 Å². The van der Waals surface area contributed by atoms with Gasteiger partial charge in [0.1, 0.15) is 6.10 Å². The van der Waals surface area contributed by atoms with E-state index in [0.29, 0.717) is 18.8 Å². The maximum absolute atomic E-state index is 5.31. The highest BCUT2D eigenvalue weighted by atomic mass is 16.6. The molecule has 2 atom stereocenters. The van der Waals surface area contributed by atoms with E-state index in [1.165, 1.54) is 0 Å². The molecule has 2 aliphatic heterocycles.